The van der Waals surface area contributed by atoms with Gasteiger partial charge in [-0.3, -0.25) is 4.79 Å². The summed E-state index contributed by atoms with van der Waals surface area (Å²) in [4.78, 5) is 18.8. The lowest BCUT2D eigenvalue weighted by Gasteiger charge is -2.24. The number of nitrogens with two attached hydrogens (primary N) is 1. The van der Waals surface area contributed by atoms with E-state index in [0.717, 1.165) is 31.4 Å². The molecule has 0 saturated heterocycles. The number of nitrogens with zero attached hydrogens (tertiary/aromatic N) is 2. The van der Waals surface area contributed by atoms with E-state index < -0.39 is 0 Å². The molecule has 3 N–H and O–H groups in total. The number of anilines is 1. The van der Waals surface area contributed by atoms with Crippen molar-refractivity contribution in [1.29, 1.82) is 0 Å². The second-order valence-corrected chi connectivity index (χ2v) is 5.48. The molecule has 1 aromatic heterocycles. The predicted octanol–water partition coefficient (Wildman–Crippen LogP) is 2.33. The maximum absolute atomic E-state index is 12.6. The van der Waals surface area contributed by atoms with Gasteiger partial charge in [-0.1, -0.05) is 26.2 Å². The third-order valence-corrected chi connectivity index (χ3v) is 3.97. The molecule has 0 spiro atoms. The van der Waals surface area contributed by atoms with Crippen LogP contribution in [0.25, 0.3) is 0 Å². The van der Waals surface area contributed by atoms with Gasteiger partial charge >= 0.3 is 0 Å². The van der Waals surface area contributed by atoms with Gasteiger partial charge in [-0.2, -0.15) is 0 Å². The number of pyridine rings is 1. The Morgan fingerprint density at radius 3 is 2.75 bits per heavy atom. The van der Waals surface area contributed by atoms with Crippen LogP contribution in [0.5, 0.6) is 0 Å². The van der Waals surface area contributed by atoms with Crippen LogP contribution in [0.1, 0.15) is 55.1 Å². The molecule has 5 nitrogen and oxygen atoms in total. The SMILES string of the molecule is CCCc1cc(C(=O)N(C)C2CCCC2)cc(NN)n1. The van der Waals surface area contributed by atoms with Crippen molar-refractivity contribution in [3.05, 3.63) is 23.4 Å². The van der Waals surface area contributed by atoms with Crippen LogP contribution in [0.4, 0.5) is 5.82 Å². The van der Waals surface area contributed by atoms with E-state index >= 15 is 0 Å². The Kier molecular flexibility index (Phi) is 4.95. The van der Waals surface area contributed by atoms with Crippen molar-refractivity contribution in [3.8, 4) is 0 Å². The van der Waals surface area contributed by atoms with Gasteiger partial charge in [0.2, 0.25) is 0 Å². The number of hydrogen-bond donors (Lipinski definition) is 2. The maximum Gasteiger partial charge on any atom is 0.254 e. The standard InChI is InChI=1S/C15H24N4O/c1-3-6-12-9-11(10-14(17-12)18-16)15(20)19(2)13-7-4-5-8-13/h9-10,13H,3-8,16H2,1-2H3,(H,17,18). The largest absolute Gasteiger partial charge is 0.339 e. The molecule has 1 fully saturated rings. The van der Waals surface area contributed by atoms with Crippen molar-refractivity contribution in [3.63, 3.8) is 0 Å². The van der Waals surface area contributed by atoms with Crippen molar-refractivity contribution in [2.45, 2.75) is 51.5 Å². The average molecular weight is 276 g/mol. The first-order chi connectivity index (χ1) is 9.65. The quantitative estimate of drug-likeness (QED) is 0.639. The number of aryl methyl sites for hydroxylation is 1. The zero-order chi connectivity index (χ0) is 14.5. The van der Waals surface area contributed by atoms with Crippen molar-refractivity contribution in [2.24, 2.45) is 5.84 Å². The molecule has 1 amide bonds. The first kappa shape index (κ1) is 14.8. The second kappa shape index (κ2) is 6.70. The number of carbonyl (C=O) groups is 1. The van der Waals surface area contributed by atoms with E-state index in [1.165, 1.54) is 12.8 Å². The van der Waals surface area contributed by atoms with E-state index in [0.29, 0.717) is 17.4 Å². The van der Waals surface area contributed by atoms with Crippen molar-refractivity contribution >= 4 is 11.7 Å². The number of hydrazine groups is 1. The molecule has 110 valence electrons. The van der Waals surface area contributed by atoms with E-state index in [4.69, 9.17) is 5.84 Å². The lowest BCUT2D eigenvalue weighted by Crippen LogP contribution is -2.35. The fourth-order valence-corrected chi connectivity index (χ4v) is 2.83. The molecule has 0 aliphatic heterocycles. The molecule has 0 bridgehead atoms. The fraction of sp³-hybridized carbons (Fsp3) is 0.600. The smallest absolute Gasteiger partial charge is 0.254 e. The molecule has 5 heteroatoms. The number of hydrogen-bond acceptors (Lipinski definition) is 4. The molecule has 2 rings (SSSR count). The van der Waals surface area contributed by atoms with Gasteiger partial charge in [0, 0.05) is 24.3 Å². The summed E-state index contributed by atoms with van der Waals surface area (Å²) in [6.07, 6.45) is 6.50. The molecular weight excluding hydrogens is 252 g/mol. The highest BCUT2D eigenvalue weighted by molar-refractivity contribution is 5.95. The molecule has 20 heavy (non-hydrogen) atoms. The summed E-state index contributed by atoms with van der Waals surface area (Å²) in [5, 5.41) is 0. The van der Waals surface area contributed by atoms with E-state index in [2.05, 4.69) is 17.3 Å². The van der Waals surface area contributed by atoms with Crippen LogP contribution in [0.2, 0.25) is 0 Å². The summed E-state index contributed by atoms with van der Waals surface area (Å²) in [5.41, 5.74) is 4.13. The fourth-order valence-electron chi connectivity index (χ4n) is 2.83. The minimum atomic E-state index is 0.0631. The Bertz CT molecular complexity index is 469. The summed E-state index contributed by atoms with van der Waals surface area (Å²) >= 11 is 0. The monoisotopic (exact) mass is 276 g/mol. The Hall–Kier alpha value is -1.62. The summed E-state index contributed by atoms with van der Waals surface area (Å²) in [5.74, 6) is 6.06. The van der Waals surface area contributed by atoms with E-state index in [1.54, 1.807) is 6.07 Å². The van der Waals surface area contributed by atoms with Crippen LogP contribution < -0.4 is 11.3 Å². The summed E-state index contributed by atoms with van der Waals surface area (Å²) in [6.45, 7) is 2.09. The van der Waals surface area contributed by atoms with Crippen LogP contribution in [0.3, 0.4) is 0 Å². The molecule has 0 radical (unpaired) electrons. The van der Waals surface area contributed by atoms with Crippen LogP contribution >= 0.6 is 0 Å². The van der Waals surface area contributed by atoms with Gasteiger partial charge in [0.05, 0.1) is 0 Å². The molecular formula is C15H24N4O. The number of amides is 1. The first-order valence-corrected chi connectivity index (χ1v) is 7.40. The molecule has 1 aliphatic rings. The lowest BCUT2D eigenvalue weighted by atomic mass is 10.1. The van der Waals surface area contributed by atoms with Crippen LogP contribution in [-0.4, -0.2) is 28.9 Å². The second-order valence-electron chi connectivity index (χ2n) is 5.48. The molecule has 1 heterocycles. The highest BCUT2D eigenvalue weighted by Crippen LogP contribution is 2.24. The summed E-state index contributed by atoms with van der Waals surface area (Å²) in [7, 11) is 1.90. The topological polar surface area (TPSA) is 71.2 Å². The first-order valence-electron chi connectivity index (χ1n) is 7.40. The highest BCUT2D eigenvalue weighted by atomic mass is 16.2. The zero-order valence-corrected chi connectivity index (χ0v) is 12.4. The van der Waals surface area contributed by atoms with Crippen molar-refractivity contribution < 1.29 is 4.79 Å². The van der Waals surface area contributed by atoms with Crippen LogP contribution in [0.15, 0.2) is 12.1 Å². The predicted molar refractivity (Wildman–Crippen MR) is 80.4 cm³/mol. The van der Waals surface area contributed by atoms with Gasteiger partial charge in [-0.15, -0.1) is 0 Å². The van der Waals surface area contributed by atoms with Gasteiger partial charge in [0.25, 0.3) is 5.91 Å². The lowest BCUT2D eigenvalue weighted by molar-refractivity contribution is 0.0735. The number of rotatable bonds is 5. The molecule has 1 saturated carbocycles. The Morgan fingerprint density at radius 2 is 2.15 bits per heavy atom. The zero-order valence-electron chi connectivity index (χ0n) is 12.4. The molecule has 0 aromatic carbocycles. The summed E-state index contributed by atoms with van der Waals surface area (Å²) in [6, 6.07) is 3.99. The van der Waals surface area contributed by atoms with Gasteiger partial charge in [-0.05, 0) is 31.4 Å². The summed E-state index contributed by atoms with van der Waals surface area (Å²) < 4.78 is 0. The van der Waals surface area contributed by atoms with Gasteiger partial charge in [0.1, 0.15) is 5.82 Å². The average Bonchev–Trinajstić information content (AvgIpc) is 2.99. The molecule has 1 aromatic rings. The highest BCUT2D eigenvalue weighted by Gasteiger charge is 2.24. The molecule has 1 aliphatic carbocycles. The van der Waals surface area contributed by atoms with Crippen molar-refractivity contribution in [1.82, 2.24) is 9.88 Å². The normalized spacial score (nSPS) is 15.3. The molecule has 0 atom stereocenters. The van der Waals surface area contributed by atoms with Gasteiger partial charge in [0.15, 0.2) is 0 Å². The van der Waals surface area contributed by atoms with E-state index in [1.807, 2.05) is 18.0 Å². The van der Waals surface area contributed by atoms with Gasteiger partial charge in [-0.25, -0.2) is 10.8 Å². The Morgan fingerprint density at radius 1 is 1.45 bits per heavy atom. The minimum absolute atomic E-state index is 0.0631. The third-order valence-electron chi connectivity index (χ3n) is 3.97. The van der Waals surface area contributed by atoms with Gasteiger partial charge < -0.3 is 10.3 Å². The number of nitrogen functional groups attached to an aromatic ring is 1. The van der Waals surface area contributed by atoms with E-state index in [9.17, 15) is 4.79 Å². The number of aromatic nitrogens is 1. The number of carbonyl (C=O) groups excluding carboxylic acids is 1. The van der Waals surface area contributed by atoms with Crippen LogP contribution in [0, 0.1) is 0 Å². The third kappa shape index (κ3) is 3.28. The molecule has 0 unspecified atom stereocenters. The van der Waals surface area contributed by atoms with Crippen molar-refractivity contribution in [2.75, 3.05) is 12.5 Å². The Labute approximate surface area is 120 Å². The maximum atomic E-state index is 12.6. The minimum Gasteiger partial charge on any atom is -0.339 e. The number of nitrogens with one attached hydrogen (secondary N) is 1. The van der Waals surface area contributed by atoms with Crippen LogP contribution in [-0.2, 0) is 6.42 Å². The van der Waals surface area contributed by atoms with E-state index in [-0.39, 0.29) is 5.91 Å². The Balaban J connectivity index is 2.21.